The summed E-state index contributed by atoms with van der Waals surface area (Å²) in [5.41, 5.74) is 1.59. The molecule has 0 spiro atoms. The van der Waals surface area contributed by atoms with Crippen LogP contribution in [-0.2, 0) is 12.0 Å². The highest BCUT2D eigenvalue weighted by atomic mass is 35.5. The molecule has 1 saturated carbocycles. The maximum Gasteiger partial charge on any atom is 0.315 e. The Morgan fingerprint density at radius 3 is 2.52 bits per heavy atom. The van der Waals surface area contributed by atoms with Gasteiger partial charge in [-0.2, -0.15) is 0 Å². The number of hydrogen-bond donors (Lipinski definition) is 2. The molecular formula is C17H25ClN4O. The molecule has 2 aromatic rings. The van der Waals surface area contributed by atoms with Crippen molar-refractivity contribution in [3.05, 3.63) is 41.8 Å². The standard InChI is InChI=1S/C17H24N4O.ClH/c1-18-12-15-20-21-16(22-15)19-13-17(10-6-3-7-11-17)14-8-4-2-5-9-14;/h2,4-5,8-9,18H,3,6-7,10-13H2,1H3,(H,19,21);1H. The number of anilines is 1. The first-order valence-corrected chi connectivity index (χ1v) is 8.09. The van der Waals surface area contributed by atoms with Crippen molar-refractivity contribution >= 4 is 18.4 Å². The first-order valence-electron chi connectivity index (χ1n) is 8.09. The molecule has 23 heavy (non-hydrogen) atoms. The lowest BCUT2D eigenvalue weighted by Gasteiger charge is -2.37. The van der Waals surface area contributed by atoms with Gasteiger partial charge in [-0.3, -0.25) is 0 Å². The Morgan fingerprint density at radius 1 is 1.09 bits per heavy atom. The van der Waals surface area contributed by atoms with Crippen molar-refractivity contribution in [1.29, 1.82) is 0 Å². The minimum absolute atomic E-state index is 0. The van der Waals surface area contributed by atoms with Crippen LogP contribution in [0.1, 0.15) is 43.6 Å². The molecule has 1 aliphatic rings. The van der Waals surface area contributed by atoms with Crippen LogP contribution in [0.5, 0.6) is 0 Å². The maximum atomic E-state index is 5.60. The van der Waals surface area contributed by atoms with Gasteiger partial charge >= 0.3 is 6.01 Å². The van der Waals surface area contributed by atoms with Crippen molar-refractivity contribution in [3.63, 3.8) is 0 Å². The number of nitrogens with one attached hydrogen (secondary N) is 2. The summed E-state index contributed by atoms with van der Waals surface area (Å²) in [6.45, 7) is 1.44. The van der Waals surface area contributed by atoms with E-state index in [0.29, 0.717) is 18.5 Å². The second-order valence-electron chi connectivity index (χ2n) is 6.09. The van der Waals surface area contributed by atoms with Gasteiger partial charge in [0.15, 0.2) is 0 Å². The monoisotopic (exact) mass is 336 g/mol. The molecule has 1 aromatic carbocycles. The fourth-order valence-corrected chi connectivity index (χ4v) is 3.38. The van der Waals surface area contributed by atoms with Crippen LogP contribution in [-0.4, -0.2) is 23.8 Å². The molecule has 1 fully saturated rings. The Hall–Kier alpha value is -1.59. The zero-order chi connectivity index (χ0) is 15.3. The van der Waals surface area contributed by atoms with E-state index in [2.05, 4.69) is 51.2 Å². The molecule has 3 rings (SSSR count). The molecule has 2 N–H and O–H groups in total. The molecule has 6 heteroatoms. The molecule has 1 aromatic heterocycles. The van der Waals surface area contributed by atoms with Crippen molar-refractivity contribution in [2.45, 2.75) is 44.1 Å². The molecule has 0 radical (unpaired) electrons. The summed E-state index contributed by atoms with van der Waals surface area (Å²) < 4.78 is 5.60. The summed E-state index contributed by atoms with van der Waals surface area (Å²) in [5, 5.41) is 14.5. The van der Waals surface area contributed by atoms with Gasteiger partial charge in [-0.05, 0) is 25.5 Å². The van der Waals surface area contributed by atoms with E-state index < -0.39 is 0 Å². The van der Waals surface area contributed by atoms with E-state index in [4.69, 9.17) is 4.42 Å². The Kier molecular flexibility index (Phi) is 6.42. The van der Waals surface area contributed by atoms with Crippen LogP contribution in [0.4, 0.5) is 6.01 Å². The molecule has 0 saturated heterocycles. The highest BCUT2D eigenvalue weighted by Gasteiger charge is 2.34. The number of nitrogens with zero attached hydrogens (tertiary/aromatic N) is 2. The molecule has 0 amide bonds. The second-order valence-corrected chi connectivity index (χ2v) is 6.09. The number of halogens is 1. The summed E-state index contributed by atoms with van der Waals surface area (Å²) in [4.78, 5) is 0. The van der Waals surface area contributed by atoms with Crippen LogP contribution in [0.15, 0.2) is 34.7 Å². The highest BCUT2D eigenvalue weighted by molar-refractivity contribution is 5.85. The number of hydrogen-bond acceptors (Lipinski definition) is 5. The van der Waals surface area contributed by atoms with Gasteiger partial charge in [0, 0.05) is 12.0 Å². The molecule has 0 atom stereocenters. The highest BCUT2D eigenvalue weighted by Crippen LogP contribution is 2.39. The molecule has 126 valence electrons. The van der Waals surface area contributed by atoms with E-state index in [1.165, 1.54) is 37.7 Å². The zero-order valence-electron chi connectivity index (χ0n) is 13.5. The normalized spacial score (nSPS) is 16.6. The average molecular weight is 337 g/mol. The van der Waals surface area contributed by atoms with E-state index in [-0.39, 0.29) is 17.8 Å². The van der Waals surface area contributed by atoms with Gasteiger partial charge in [0.25, 0.3) is 0 Å². The first kappa shape index (κ1) is 17.8. The van der Waals surface area contributed by atoms with Crippen LogP contribution in [0.3, 0.4) is 0 Å². The van der Waals surface area contributed by atoms with Crippen LogP contribution in [0, 0.1) is 0 Å². The van der Waals surface area contributed by atoms with Gasteiger partial charge < -0.3 is 15.1 Å². The Bertz CT molecular complexity index is 581. The zero-order valence-corrected chi connectivity index (χ0v) is 14.4. The van der Waals surface area contributed by atoms with Crippen molar-refractivity contribution in [2.24, 2.45) is 0 Å². The van der Waals surface area contributed by atoms with E-state index in [9.17, 15) is 0 Å². The van der Waals surface area contributed by atoms with Crippen molar-refractivity contribution in [2.75, 3.05) is 18.9 Å². The topological polar surface area (TPSA) is 63.0 Å². The largest absolute Gasteiger partial charge is 0.407 e. The summed E-state index contributed by atoms with van der Waals surface area (Å²) in [6, 6.07) is 11.3. The maximum absolute atomic E-state index is 5.60. The van der Waals surface area contributed by atoms with E-state index >= 15 is 0 Å². The number of benzene rings is 1. The lowest BCUT2D eigenvalue weighted by molar-refractivity contribution is 0.305. The van der Waals surface area contributed by atoms with Crippen molar-refractivity contribution in [3.8, 4) is 0 Å². The number of aromatic nitrogens is 2. The molecule has 0 bridgehead atoms. The third kappa shape index (κ3) is 4.24. The predicted octanol–water partition coefficient (Wildman–Crippen LogP) is 3.52. The molecule has 0 aliphatic heterocycles. The lowest BCUT2D eigenvalue weighted by atomic mass is 9.69. The summed E-state index contributed by atoms with van der Waals surface area (Å²) in [7, 11) is 1.86. The van der Waals surface area contributed by atoms with E-state index in [1.54, 1.807) is 0 Å². The van der Waals surface area contributed by atoms with Gasteiger partial charge in [0.1, 0.15) is 0 Å². The Balaban J connectivity index is 0.00000192. The molecule has 5 nitrogen and oxygen atoms in total. The minimum atomic E-state index is 0. The lowest BCUT2D eigenvalue weighted by Crippen LogP contribution is -2.36. The first-order chi connectivity index (χ1) is 10.8. The Labute approximate surface area is 143 Å². The van der Waals surface area contributed by atoms with E-state index in [0.717, 1.165) is 6.54 Å². The predicted molar refractivity (Wildman–Crippen MR) is 94.0 cm³/mol. The SMILES string of the molecule is CNCc1nnc(NCC2(c3ccccc3)CCCCC2)o1.Cl. The fraction of sp³-hybridized carbons (Fsp3) is 0.529. The third-order valence-electron chi connectivity index (χ3n) is 4.57. The summed E-state index contributed by atoms with van der Waals surface area (Å²) >= 11 is 0. The fourth-order valence-electron chi connectivity index (χ4n) is 3.38. The molecule has 0 unspecified atom stereocenters. The van der Waals surface area contributed by atoms with Crippen LogP contribution in [0.25, 0.3) is 0 Å². The second kappa shape index (κ2) is 8.31. The number of rotatable bonds is 6. The third-order valence-corrected chi connectivity index (χ3v) is 4.57. The van der Waals surface area contributed by atoms with Gasteiger partial charge in [0.05, 0.1) is 6.54 Å². The van der Waals surface area contributed by atoms with Crippen molar-refractivity contribution < 1.29 is 4.42 Å². The smallest absolute Gasteiger partial charge is 0.315 e. The van der Waals surface area contributed by atoms with Crippen molar-refractivity contribution in [1.82, 2.24) is 15.5 Å². The van der Waals surface area contributed by atoms with Crippen LogP contribution in [0.2, 0.25) is 0 Å². The molecular weight excluding hydrogens is 312 g/mol. The van der Waals surface area contributed by atoms with Gasteiger partial charge in [0.2, 0.25) is 5.89 Å². The van der Waals surface area contributed by atoms with E-state index in [1.807, 2.05) is 7.05 Å². The quantitative estimate of drug-likeness (QED) is 0.845. The van der Waals surface area contributed by atoms with Crippen LogP contribution < -0.4 is 10.6 Å². The summed E-state index contributed by atoms with van der Waals surface area (Å²) in [6.07, 6.45) is 6.32. The van der Waals surface area contributed by atoms with Gasteiger partial charge in [-0.15, -0.1) is 17.5 Å². The average Bonchev–Trinajstić information content (AvgIpc) is 3.03. The van der Waals surface area contributed by atoms with Crippen LogP contribution >= 0.6 is 12.4 Å². The molecule has 1 aliphatic carbocycles. The minimum Gasteiger partial charge on any atom is -0.407 e. The van der Waals surface area contributed by atoms with Gasteiger partial charge in [-0.1, -0.05) is 54.7 Å². The Morgan fingerprint density at radius 2 is 1.83 bits per heavy atom. The molecule has 1 heterocycles. The van der Waals surface area contributed by atoms with Gasteiger partial charge in [-0.25, -0.2) is 0 Å². The summed E-state index contributed by atoms with van der Waals surface area (Å²) in [5.74, 6) is 0.613.